The fraction of sp³-hybridized carbons (Fsp3) is 0.385. The normalized spacial score (nSPS) is 11.5. The third-order valence-corrected chi connectivity index (χ3v) is 2.83. The van der Waals surface area contributed by atoms with E-state index < -0.39 is 6.17 Å². The van der Waals surface area contributed by atoms with Crippen molar-refractivity contribution in [3.05, 3.63) is 30.3 Å². The molecule has 1 unspecified atom stereocenters. The van der Waals surface area contributed by atoms with Gasteiger partial charge in [-0.3, -0.25) is 9.59 Å². The first-order chi connectivity index (χ1) is 9.17. The number of likely N-dealkylation sites (N-methyl/N-ethyl adjacent to an activating group) is 1. The first-order valence-corrected chi connectivity index (χ1v) is 7.44. The standard InChI is InChI=1S/C13H19N3O2S/c1-3-14-13(18)12(16-11(17)9-19-2)15-10-7-5-4-6-8-10/h4-8,12,15H,3,9H2,1-2H3,(H,14,18)(H,16,17). The van der Waals surface area contributed by atoms with Gasteiger partial charge in [0.05, 0.1) is 5.75 Å². The zero-order chi connectivity index (χ0) is 14.1. The second-order valence-corrected chi connectivity index (χ2v) is 4.70. The van der Waals surface area contributed by atoms with Crippen LogP contribution in [-0.4, -0.2) is 36.5 Å². The van der Waals surface area contributed by atoms with Crippen LogP contribution in [0.25, 0.3) is 0 Å². The fourth-order valence-electron chi connectivity index (χ4n) is 1.48. The quantitative estimate of drug-likeness (QED) is 0.653. The summed E-state index contributed by atoms with van der Waals surface area (Å²) in [5.74, 6) is -0.0974. The summed E-state index contributed by atoms with van der Waals surface area (Å²) < 4.78 is 0. The number of thioether (sulfide) groups is 1. The maximum atomic E-state index is 11.9. The summed E-state index contributed by atoms with van der Waals surface area (Å²) in [6, 6.07) is 9.29. The van der Waals surface area contributed by atoms with E-state index in [9.17, 15) is 9.59 Å². The van der Waals surface area contributed by atoms with Gasteiger partial charge in [-0.25, -0.2) is 0 Å². The number of rotatable bonds is 7. The molecule has 1 aromatic carbocycles. The molecule has 104 valence electrons. The molecule has 1 rings (SSSR count). The first kappa shape index (κ1) is 15.4. The predicted octanol–water partition coefficient (Wildman–Crippen LogP) is 1.04. The van der Waals surface area contributed by atoms with Crippen LogP contribution in [0.2, 0.25) is 0 Å². The van der Waals surface area contributed by atoms with Crippen molar-refractivity contribution in [2.24, 2.45) is 0 Å². The minimum absolute atomic E-state index is 0.174. The summed E-state index contributed by atoms with van der Waals surface area (Å²) in [7, 11) is 0. The maximum Gasteiger partial charge on any atom is 0.263 e. The Morgan fingerprint density at radius 1 is 1.26 bits per heavy atom. The molecule has 3 N–H and O–H groups in total. The largest absolute Gasteiger partial charge is 0.358 e. The number of nitrogens with one attached hydrogen (secondary N) is 3. The number of amides is 2. The highest BCUT2D eigenvalue weighted by molar-refractivity contribution is 7.99. The minimum atomic E-state index is -0.762. The lowest BCUT2D eigenvalue weighted by molar-refractivity contribution is -0.127. The highest BCUT2D eigenvalue weighted by Gasteiger charge is 2.19. The van der Waals surface area contributed by atoms with Gasteiger partial charge in [-0.2, -0.15) is 11.8 Å². The third-order valence-electron chi connectivity index (χ3n) is 2.28. The molecule has 5 nitrogen and oxygen atoms in total. The van der Waals surface area contributed by atoms with E-state index in [0.29, 0.717) is 12.3 Å². The molecule has 0 fully saturated rings. The molecule has 0 aliphatic rings. The van der Waals surface area contributed by atoms with E-state index >= 15 is 0 Å². The van der Waals surface area contributed by atoms with Crippen molar-refractivity contribution in [1.82, 2.24) is 10.6 Å². The summed E-state index contributed by atoms with van der Waals surface area (Å²) in [4.78, 5) is 23.5. The Kier molecular flexibility index (Phi) is 6.81. The fourth-order valence-corrected chi connectivity index (χ4v) is 1.82. The van der Waals surface area contributed by atoms with E-state index in [1.807, 2.05) is 43.5 Å². The van der Waals surface area contributed by atoms with Gasteiger partial charge in [-0.05, 0) is 25.3 Å². The van der Waals surface area contributed by atoms with Crippen molar-refractivity contribution in [2.75, 3.05) is 23.9 Å². The van der Waals surface area contributed by atoms with Crippen molar-refractivity contribution in [1.29, 1.82) is 0 Å². The van der Waals surface area contributed by atoms with Crippen molar-refractivity contribution in [3.63, 3.8) is 0 Å². The Hall–Kier alpha value is -1.69. The average Bonchev–Trinajstić information content (AvgIpc) is 2.40. The van der Waals surface area contributed by atoms with Gasteiger partial charge in [0.25, 0.3) is 5.91 Å². The smallest absolute Gasteiger partial charge is 0.263 e. The molecule has 0 saturated heterocycles. The summed E-state index contributed by atoms with van der Waals surface area (Å²) in [6.45, 7) is 2.35. The van der Waals surface area contributed by atoms with Gasteiger partial charge in [0, 0.05) is 12.2 Å². The number of para-hydroxylation sites is 1. The second-order valence-electron chi connectivity index (χ2n) is 3.84. The van der Waals surface area contributed by atoms with Crippen molar-refractivity contribution >= 4 is 29.3 Å². The monoisotopic (exact) mass is 281 g/mol. The van der Waals surface area contributed by atoms with Crippen molar-refractivity contribution < 1.29 is 9.59 Å². The number of carbonyl (C=O) groups is 2. The van der Waals surface area contributed by atoms with Crippen LogP contribution in [0.3, 0.4) is 0 Å². The molecule has 0 heterocycles. The lowest BCUT2D eigenvalue weighted by Crippen LogP contribution is -2.51. The van der Waals surface area contributed by atoms with Crippen LogP contribution in [0.5, 0.6) is 0 Å². The van der Waals surface area contributed by atoms with Crippen LogP contribution in [0, 0.1) is 0 Å². The van der Waals surface area contributed by atoms with Gasteiger partial charge < -0.3 is 16.0 Å². The Bertz CT molecular complexity index is 412. The summed E-state index contributed by atoms with van der Waals surface area (Å²) in [6.07, 6.45) is 1.08. The summed E-state index contributed by atoms with van der Waals surface area (Å²) >= 11 is 1.41. The number of anilines is 1. The lowest BCUT2D eigenvalue weighted by atomic mass is 10.3. The SMILES string of the molecule is CCNC(=O)C(NC(=O)CSC)Nc1ccccc1. The highest BCUT2D eigenvalue weighted by atomic mass is 32.2. The third kappa shape index (κ3) is 5.65. The van der Waals surface area contributed by atoms with Crippen LogP contribution in [-0.2, 0) is 9.59 Å². The molecule has 19 heavy (non-hydrogen) atoms. The van der Waals surface area contributed by atoms with E-state index in [2.05, 4.69) is 16.0 Å². The van der Waals surface area contributed by atoms with Crippen LogP contribution >= 0.6 is 11.8 Å². The van der Waals surface area contributed by atoms with Gasteiger partial charge in [0.15, 0.2) is 6.17 Å². The topological polar surface area (TPSA) is 70.2 Å². The van der Waals surface area contributed by atoms with E-state index in [-0.39, 0.29) is 11.8 Å². The number of carbonyl (C=O) groups excluding carboxylic acids is 2. The van der Waals surface area contributed by atoms with Gasteiger partial charge >= 0.3 is 0 Å². The van der Waals surface area contributed by atoms with E-state index in [0.717, 1.165) is 5.69 Å². The summed E-state index contributed by atoms with van der Waals surface area (Å²) in [5.41, 5.74) is 0.781. The zero-order valence-electron chi connectivity index (χ0n) is 11.1. The van der Waals surface area contributed by atoms with Gasteiger partial charge in [0.1, 0.15) is 0 Å². The predicted molar refractivity (Wildman–Crippen MR) is 79.1 cm³/mol. The van der Waals surface area contributed by atoms with E-state index in [4.69, 9.17) is 0 Å². The molecule has 0 saturated carbocycles. The molecule has 0 aliphatic heterocycles. The number of hydrogen-bond acceptors (Lipinski definition) is 4. The molecule has 0 spiro atoms. The molecule has 1 aromatic rings. The van der Waals surface area contributed by atoms with Crippen LogP contribution in [0.15, 0.2) is 30.3 Å². The van der Waals surface area contributed by atoms with E-state index in [1.54, 1.807) is 0 Å². The van der Waals surface area contributed by atoms with E-state index in [1.165, 1.54) is 11.8 Å². The Morgan fingerprint density at radius 2 is 1.95 bits per heavy atom. The maximum absolute atomic E-state index is 11.9. The molecule has 1 atom stereocenters. The first-order valence-electron chi connectivity index (χ1n) is 6.05. The van der Waals surface area contributed by atoms with Crippen molar-refractivity contribution in [3.8, 4) is 0 Å². The molecule has 2 amide bonds. The van der Waals surface area contributed by atoms with Crippen LogP contribution < -0.4 is 16.0 Å². The Balaban J connectivity index is 2.69. The van der Waals surface area contributed by atoms with Crippen LogP contribution in [0.1, 0.15) is 6.92 Å². The van der Waals surface area contributed by atoms with Gasteiger partial charge in [-0.1, -0.05) is 18.2 Å². The van der Waals surface area contributed by atoms with Gasteiger partial charge in [-0.15, -0.1) is 0 Å². The summed E-state index contributed by atoms with van der Waals surface area (Å²) in [5, 5.41) is 8.36. The van der Waals surface area contributed by atoms with Crippen LogP contribution in [0.4, 0.5) is 5.69 Å². The number of hydrogen-bond donors (Lipinski definition) is 3. The lowest BCUT2D eigenvalue weighted by Gasteiger charge is -2.20. The number of benzene rings is 1. The molecule has 6 heteroatoms. The minimum Gasteiger partial charge on any atom is -0.358 e. The van der Waals surface area contributed by atoms with Gasteiger partial charge in [0.2, 0.25) is 5.91 Å². The Morgan fingerprint density at radius 3 is 2.53 bits per heavy atom. The highest BCUT2D eigenvalue weighted by Crippen LogP contribution is 2.06. The van der Waals surface area contributed by atoms with Crippen molar-refractivity contribution in [2.45, 2.75) is 13.1 Å². The molecule has 0 radical (unpaired) electrons. The Labute approximate surface area is 117 Å². The molecule has 0 aliphatic carbocycles. The molecular formula is C13H19N3O2S. The zero-order valence-corrected chi connectivity index (χ0v) is 11.9. The molecule has 0 bridgehead atoms. The average molecular weight is 281 g/mol. The molecule has 0 aromatic heterocycles. The second kappa shape index (κ2) is 8.42. The molecular weight excluding hydrogens is 262 g/mol.